The summed E-state index contributed by atoms with van der Waals surface area (Å²) in [5, 5.41) is 0.952. The first-order chi connectivity index (χ1) is 11.2. The number of rotatable bonds is 3. The molecule has 1 heterocycles. The number of amides is 1. The van der Waals surface area contributed by atoms with Crippen LogP contribution in [0, 0.1) is 0 Å². The van der Waals surface area contributed by atoms with Crippen molar-refractivity contribution in [2.24, 2.45) is 0 Å². The van der Waals surface area contributed by atoms with Crippen molar-refractivity contribution >= 4 is 35.3 Å². The van der Waals surface area contributed by atoms with Gasteiger partial charge in [0.05, 0.1) is 0 Å². The molecule has 0 spiro atoms. The lowest BCUT2D eigenvalue weighted by atomic mass is 10.2. The average molecular weight is 374 g/mol. The molecule has 1 aliphatic rings. The van der Waals surface area contributed by atoms with E-state index in [2.05, 4.69) is 0 Å². The van der Waals surface area contributed by atoms with E-state index >= 15 is 0 Å². The number of ether oxygens (including phenoxy) is 2. The highest BCUT2D eigenvalue weighted by Gasteiger charge is 2.37. The highest BCUT2D eigenvalue weighted by Crippen LogP contribution is 2.24. The Morgan fingerprint density at radius 3 is 2.62 bits per heavy atom. The number of hydrogen-bond acceptors (Lipinski definition) is 4. The summed E-state index contributed by atoms with van der Waals surface area (Å²) in [6.07, 6.45) is 0.805. The molecule has 0 N–H and O–H groups in total. The first-order valence-corrected chi connectivity index (χ1v) is 8.53. The largest absolute Gasteiger partial charge is 0.459 e. The Morgan fingerprint density at radius 1 is 1.29 bits per heavy atom. The maximum absolute atomic E-state index is 12.3. The van der Waals surface area contributed by atoms with Crippen LogP contribution < -0.4 is 0 Å². The van der Waals surface area contributed by atoms with Gasteiger partial charge in [-0.05, 0) is 45.7 Å². The number of carbonyl (C=O) groups is 2. The van der Waals surface area contributed by atoms with Crippen LogP contribution in [0.15, 0.2) is 18.2 Å². The Labute approximate surface area is 151 Å². The zero-order valence-electron chi connectivity index (χ0n) is 14.0. The average Bonchev–Trinajstić information content (AvgIpc) is 2.93. The molecule has 1 aromatic carbocycles. The lowest BCUT2D eigenvalue weighted by Gasteiger charge is -2.27. The van der Waals surface area contributed by atoms with Crippen LogP contribution in [0.5, 0.6) is 0 Å². The van der Waals surface area contributed by atoms with Crippen LogP contribution in [0.3, 0.4) is 0 Å². The van der Waals surface area contributed by atoms with Gasteiger partial charge in [0.25, 0.3) is 0 Å². The van der Waals surface area contributed by atoms with Crippen molar-refractivity contribution in [1.82, 2.24) is 4.90 Å². The minimum atomic E-state index is -0.620. The fourth-order valence-corrected chi connectivity index (χ4v) is 2.90. The molecule has 1 aromatic rings. The zero-order valence-corrected chi connectivity index (χ0v) is 15.5. The van der Waals surface area contributed by atoms with Crippen LogP contribution in [0.4, 0.5) is 4.79 Å². The van der Waals surface area contributed by atoms with Crippen LogP contribution in [-0.4, -0.2) is 35.2 Å². The van der Waals surface area contributed by atoms with Gasteiger partial charge < -0.3 is 9.47 Å². The number of halogens is 2. The van der Waals surface area contributed by atoms with Gasteiger partial charge in [0.1, 0.15) is 18.2 Å². The van der Waals surface area contributed by atoms with Crippen molar-refractivity contribution in [1.29, 1.82) is 0 Å². The fourth-order valence-electron chi connectivity index (χ4n) is 2.43. The summed E-state index contributed by atoms with van der Waals surface area (Å²) in [5.74, 6) is -0.454. The number of nitrogens with zero attached hydrogens (tertiary/aromatic N) is 1. The van der Waals surface area contributed by atoms with Crippen molar-refractivity contribution in [2.75, 3.05) is 6.54 Å². The Balaban J connectivity index is 1.96. The molecule has 1 fully saturated rings. The van der Waals surface area contributed by atoms with E-state index in [0.29, 0.717) is 28.6 Å². The number of carbonyl (C=O) groups excluding carboxylic acids is 2. The van der Waals surface area contributed by atoms with Gasteiger partial charge >= 0.3 is 12.1 Å². The third kappa shape index (κ3) is 5.02. The summed E-state index contributed by atoms with van der Waals surface area (Å²) >= 11 is 11.9. The van der Waals surface area contributed by atoms with Crippen LogP contribution in [-0.2, 0) is 20.9 Å². The summed E-state index contributed by atoms with van der Waals surface area (Å²) in [7, 11) is 0. The van der Waals surface area contributed by atoms with Crippen molar-refractivity contribution in [3.05, 3.63) is 33.8 Å². The molecule has 0 aromatic heterocycles. The molecule has 0 aliphatic carbocycles. The molecular formula is C17H21Cl2NO4. The molecule has 24 heavy (non-hydrogen) atoms. The predicted molar refractivity (Wildman–Crippen MR) is 92.2 cm³/mol. The van der Waals surface area contributed by atoms with Gasteiger partial charge in [-0.1, -0.05) is 29.3 Å². The van der Waals surface area contributed by atoms with Gasteiger partial charge in [-0.15, -0.1) is 0 Å². The Morgan fingerprint density at radius 2 is 2.00 bits per heavy atom. The van der Waals surface area contributed by atoms with Gasteiger partial charge in [0, 0.05) is 22.2 Å². The van der Waals surface area contributed by atoms with Crippen LogP contribution in [0.25, 0.3) is 0 Å². The Kier molecular flexibility index (Phi) is 5.99. The maximum atomic E-state index is 12.3. The SMILES string of the molecule is CC(C)(C)OC(=O)N1CCCC1C(=O)OCc1ccc(Cl)cc1Cl. The summed E-state index contributed by atoms with van der Waals surface area (Å²) in [4.78, 5) is 26.0. The van der Waals surface area contributed by atoms with Crippen LogP contribution in [0.1, 0.15) is 39.2 Å². The Bertz CT molecular complexity index is 628. The molecular weight excluding hydrogens is 353 g/mol. The van der Waals surface area contributed by atoms with Gasteiger partial charge in [-0.25, -0.2) is 9.59 Å². The summed E-state index contributed by atoms with van der Waals surface area (Å²) in [6, 6.07) is 4.36. The second kappa shape index (κ2) is 7.62. The van der Waals surface area contributed by atoms with Crippen molar-refractivity contribution in [2.45, 2.75) is 51.9 Å². The minimum absolute atomic E-state index is 0.0352. The molecule has 1 saturated heterocycles. The number of benzene rings is 1. The molecule has 0 radical (unpaired) electrons. The van der Waals surface area contributed by atoms with Crippen LogP contribution >= 0.6 is 23.2 Å². The first kappa shape index (κ1) is 18.9. The van der Waals surface area contributed by atoms with E-state index in [9.17, 15) is 9.59 Å². The first-order valence-electron chi connectivity index (χ1n) is 7.77. The standard InChI is InChI=1S/C17H21Cl2NO4/c1-17(2,3)24-16(22)20-8-4-5-14(20)15(21)23-10-11-6-7-12(18)9-13(11)19/h6-7,9,14H,4-5,8,10H2,1-3H3. The van der Waals surface area contributed by atoms with E-state index in [1.807, 2.05) is 0 Å². The van der Waals surface area contributed by atoms with E-state index in [0.717, 1.165) is 6.42 Å². The van der Waals surface area contributed by atoms with Gasteiger partial charge in [0.15, 0.2) is 0 Å². The quantitative estimate of drug-likeness (QED) is 0.735. The molecule has 1 unspecified atom stereocenters. The molecule has 1 aliphatic heterocycles. The summed E-state index contributed by atoms with van der Waals surface area (Å²) in [5.41, 5.74) is 0.0570. The second-order valence-electron chi connectivity index (χ2n) is 6.68. The molecule has 1 amide bonds. The molecule has 5 nitrogen and oxygen atoms in total. The third-order valence-electron chi connectivity index (χ3n) is 3.54. The number of hydrogen-bond donors (Lipinski definition) is 0. The van der Waals surface area contributed by atoms with Gasteiger partial charge in [0.2, 0.25) is 0 Å². The van der Waals surface area contributed by atoms with E-state index in [1.54, 1.807) is 39.0 Å². The van der Waals surface area contributed by atoms with Crippen molar-refractivity contribution in [3.8, 4) is 0 Å². The second-order valence-corrected chi connectivity index (χ2v) is 7.52. The zero-order chi connectivity index (χ0) is 17.9. The minimum Gasteiger partial charge on any atom is -0.459 e. The summed E-state index contributed by atoms with van der Waals surface area (Å²) < 4.78 is 10.7. The summed E-state index contributed by atoms with van der Waals surface area (Å²) in [6.45, 7) is 5.88. The monoisotopic (exact) mass is 373 g/mol. The van der Waals surface area contributed by atoms with Crippen LogP contribution in [0.2, 0.25) is 10.0 Å². The Hall–Kier alpha value is -1.46. The van der Waals surface area contributed by atoms with Gasteiger partial charge in [-0.2, -0.15) is 0 Å². The van der Waals surface area contributed by atoms with Crippen molar-refractivity contribution < 1.29 is 19.1 Å². The van der Waals surface area contributed by atoms with E-state index in [-0.39, 0.29) is 6.61 Å². The van der Waals surface area contributed by atoms with Crippen molar-refractivity contribution in [3.63, 3.8) is 0 Å². The lowest BCUT2D eigenvalue weighted by molar-refractivity contribution is -0.150. The lowest BCUT2D eigenvalue weighted by Crippen LogP contribution is -2.44. The smallest absolute Gasteiger partial charge is 0.411 e. The van der Waals surface area contributed by atoms with Gasteiger partial charge in [-0.3, -0.25) is 4.90 Å². The third-order valence-corrected chi connectivity index (χ3v) is 4.12. The molecule has 1 atom stereocenters. The predicted octanol–water partition coefficient (Wildman–Crippen LogP) is 4.44. The van der Waals surface area contributed by atoms with E-state index in [4.69, 9.17) is 32.7 Å². The van der Waals surface area contributed by atoms with E-state index < -0.39 is 23.7 Å². The fraction of sp³-hybridized carbons (Fsp3) is 0.529. The molecule has 7 heteroatoms. The molecule has 0 bridgehead atoms. The maximum Gasteiger partial charge on any atom is 0.411 e. The number of esters is 1. The van der Waals surface area contributed by atoms with E-state index in [1.165, 1.54) is 4.90 Å². The number of likely N-dealkylation sites (tertiary alicyclic amines) is 1. The molecule has 2 rings (SSSR count). The molecule has 132 valence electrons. The highest BCUT2D eigenvalue weighted by molar-refractivity contribution is 6.35. The topological polar surface area (TPSA) is 55.8 Å². The highest BCUT2D eigenvalue weighted by atomic mass is 35.5. The molecule has 0 saturated carbocycles. The normalized spacial score (nSPS) is 17.7.